The number of amides is 1. The number of nitrogens with zero attached hydrogens (tertiary/aromatic N) is 1. The number of hydrogen-bond donors (Lipinski definition) is 2. The van der Waals surface area contributed by atoms with E-state index < -0.39 is 10.0 Å². The number of carbonyl (C=O) groups is 1. The van der Waals surface area contributed by atoms with Crippen LogP contribution in [0.5, 0.6) is 5.75 Å². The van der Waals surface area contributed by atoms with Gasteiger partial charge in [-0.1, -0.05) is 30.3 Å². The fourth-order valence-corrected chi connectivity index (χ4v) is 3.96. The van der Waals surface area contributed by atoms with E-state index in [0.29, 0.717) is 12.3 Å². The summed E-state index contributed by atoms with van der Waals surface area (Å²) >= 11 is 0. The van der Waals surface area contributed by atoms with Crippen molar-refractivity contribution in [2.45, 2.75) is 24.4 Å². The van der Waals surface area contributed by atoms with Crippen LogP contribution in [0.15, 0.2) is 84.0 Å². The maximum atomic E-state index is 12.6. The molecule has 3 aromatic rings. The molecule has 1 amide bonds. The molecule has 30 heavy (non-hydrogen) atoms. The Kier molecular flexibility index (Phi) is 7.16. The number of carbonyl (C=O) groups excluding carboxylic acids is 1. The normalized spacial score (nSPS) is 12.2. The average Bonchev–Trinajstić information content (AvgIpc) is 2.77. The van der Waals surface area contributed by atoms with E-state index >= 15 is 0 Å². The molecular formula is C22H23N3O4S. The maximum Gasteiger partial charge on any atom is 0.258 e. The lowest BCUT2D eigenvalue weighted by Gasteiger charge is -2.15. The first-order chi connectivity index (χ1) is 14.4. The van der Waals surface area contributed by atoms with Crippen molar-refractivity contribution >= 4 is 15.9 Å². The Morgan fingerprint density at radius 3 is 2.33 bits per heavy atom. The van der Waals surface area contributed by atoms with Crippen LogP contribution in [0.4, 0.5) is 0 Å². The summed E-state index contributed by atoms with van der Waals surface area (Å²) in [5.41, 5.74) is 1.81. The predicted molar refractivity (Wildman–Crippen MR) is 113 cm³/mol. The molecule has 3 rings (SSSR count). The predicted octanol–water partition coefficient (Wildman–Crippen LogP) is 2.82. The van der Waals surface area contributed by atoms with E-state index in [-0.39, 0.29) is 23.5 Å². The zero-order valence-electron chi connectivity index (χ0n) is 16.5. The van der Waals surface area contributed by atoms with Gasteiger partial charge in [0.15, 0.2) is 6.61 Å². The second-order valence-corrected chi connectivity index (χ2v) is 8.36. The van der Waals surface area contributed by atoms with Gasteiger partial charge < -0.3 is 10.1 Å². The van der Waals surface area contributed by atoms with Gasteiger partial charge >= 0.3 is 0 Å². The highest BCUT2D eigenvalue weighted by Crippen LogP contribution is 2.19. The first kappa shape index (κ1) is 21.5. The van der Waals surface area contributed by atoms with Gasteiger partial charge in [-0.25, -0.2) is 13.1 Å². The molecule has 0 aliphatic carbocycles. The van der Waals surface area contributed by atoms with Gasteiger partial charge in [-0.2, -0.15) is 0 Å². The lowest BCUT2D eigenvalue weighted by molar-refractivity contribution is -0.123. The third-order valence-corrected chi connectivity index (χ3v) is 5.93. The molecule has 0 bridgehead atoms. The third kappa shape index (κ3) is 6.13. The summed E-state index contributed by atoms with van der Waals surface area (Å²) in [6.45, 7) is 2.00. The van der Waals surface area contributed by atoms with Crippen LogP contribution in [-0.2, 0) is 21.4 Å². The summed E-state index contributed by atoms with van der Waals surface area (Å²) in [4.78, 5) is 16.0. The molecule has 1 heterocycles. The standard InChI is InChI=1S/C22H23N3O4S/c1-17(19-5-3-2-4-6-19)25-30(27,28)21-9-7-20(8-10-21)29-16-22(26)24-15-18-11-13-23-14-12-18/h2-14,17,25H,15-16H2,1H3,(H,24,26)/t17-/m0/s1. The van der Waals surface area contributed by atoms with E-state index in [4.69, 9.17) is 4.74 Å². The van der Waals surface area contributed by atoms with E-state index in [1.165, 1.54) is 24.3 Å². The molecule has 0 aliphatic rings. The van der Waals surface area contributed by atoms with Crippen LogP contribution in [-0.4, -0.2) is 25.9 Å². The second kappa shape index (κ2) is 10.00. The van der Waals surface area contributed by atoms with Crippen molar-refractivity contribution in [2.24, 2.45) is 0 Å². The van der Waals surface area contributed by atoms with Crippen LogP contribution < -0.4 is 14.8 Å². The van der Waals surface area contributed by atoms with Crippen LogP contribution in [0, 0.1) is 0 Å². The molecule has 1 aromatic heterocycles. The fraction of sp³-hybridized carbons (Fsp3) is 0.182. The lowest BCUT2D eigenvalue weighted by atomic mass is 10.1. The molecule has 7 nitrogen and oxygen atoms in total. The molecule has 0 aliphatic heterocycles. The van der Waals surface area contributed by atoms with Gasteiger partial charge in [0.1, 0.15) is 5.75 Å². The van der Waals surface area contributed by atoms with Crippen LogP contribution >= 0.6 is 0 Å². The highest BCUT2D eigenvalue weighted by molar-refractivity contribution is 7.89. The molecule has 2 aromatic carbocycles. The summed E-state index contributed by atoms with van der Waals surface area (Å²) in [5.74, 6) is 0.131. The van der Waals surface area contributed by atoms with Crippen molar-refractivity contribution in [1.82, 2.24) is 15.0 Å². The number of benzene rings is 2. The third-order valence-electron chi connectivity index (χ3n) is 4.37. The monoisotopic (exact) mass is 425 g/mol. The minimum absolute atomic E-state index is 0.125. The molecule has 8 heteroatoms. The van der Waals surface area contributed by atoms with Crippen molar-refractivity contribution in [3.05, 3.63) is 90.3 Å². The average molecular weight is 426 g/mol. The van der Waals surface area contributed by atoms with E-state index in [0.717, 1.165) is 11.1 Å². The number of sulfonamides is 1. The molecule has 2 N–H and O–H groups in total. The molecule has 0 spiro atoms. The Morgan fingerprint density at radius 2 is 1.67 bits per heavy atom. The summed E-state index contributed by atoms with van der Waals surface area (Å²) in [7, 11) is -3.68. The molecule has 0 saturated heterocycles. The van der Waals surface area contributed by atoms with Gasteiger partial charge in [0.2, 0.25) is 10.0 Å². The molecule has 0 radical (unpaired) electrons. The van der Waals surface area contributed by atoms with Crippen molar-refractivity contribution in [1.29, 1.82) is 0 Å². The van der Waals surface area contributed by atoms with Crippen LogP contribution in [0.1, 0.15) is 24.1 Å². The Labute approximate surface area is 176 Å². The SMILES string of the molecule is C[C@H](NS(=O)(=O)c1ccc(OCC(=O)NCc2ccncc2)cc1)c1ccccc1. The number of hydrogen-bond acceptors (Lipinski definition) is 5. The highest BCUT2D eigenvalue weighted by atomic mass is 32.2. The van der Waals surface area contributed by atoms with E-state index in [1.807, 2.05) is 42.5 Å². The summed E-state index contributed by atoms with van der Waals surface area (Å²) in [6, 6.07) is 18.5. The largest absolute Gasteiger partial charge is 0.484 e. The van der Waals surface area contributed by atoms with Crippen LogP contribution in [0.2, 0.25) is 0 Å². The number of rotatable bonds is 9. The van der Waals surface area contributed by atoms with E-state index in [1.54, 1.807) is 19.3 Å². The Hall–Kier alpha value is -3.23. The minimum atomic E-state index is -3.68. The van der Waals surface area contributed by atoms with Crippen molar-refractivity contribution < 1.29 is 17.9 Å². The van der Waals surface area contributed by atoms with Crippen molar-refractivity contribution in [3.63, 3.8) is 0 Å². The van der Waals surface area contributed by atoms with Crippen molar-refractivity contribution in [2.75, 3.05) is 6.61 Å². The second-order valence-electron chi connectivity index (χ2n) is 6.65. The molecule has 0 fully saturated rings. The Bertz CT molecular complexity index is 1060. The number of aromatic nitrogens is 1. The maximum absolute atomic E-state index is 12.6. The minimum Gasteiger partial charge on any atom is -0.484 e. The Balaban J connectivity index is 1.52. The van der Waals surface area contributed by atoms with E-state index in [9.17, 15) is 13.2 Å². The van der Waals surface area contributed by atoms with Gasteiger partial charge in [-0.05, 0) is 54.4 Å². The lowest BCUT2D eigenvalue weighted by Crippen LogP contribution is -2.28. The first-order valence-corrected chi connectivity index (χ1v) is 10.9. The molecule has 0 saturated carbocycles. The molecular weight excluding hydrogens is 402 g/mol. The van der Waals surface area contributed by atoms with Crippen molar-refractivity contribution in [3.8, 4) is 5.75 Å². The summed E-state index contributed by atoms with van der Waals surface area (Å²) < 4.78 is 33.3. The van der Waals surface area contributed by atoms with Gasteiger partial charge in [0.05, 0.1) is 4.90 Å². The molecule has 1 atom stereocenters. The van der Waals surface area contributed by atoms with Gasteiger partial charge in [0.25, 0.3) is 5.91 Å². The summed E-state index contributed by atoms with van der Waals surface area (Å²) in [6.07, 6.45) is 3.31. The van der Waals surface area contributed by atoms with Gasteiger partial charge in [0, 0.05) is 25.0 Å². The zero-order chi connectivity index (χ0) is 21.4. The number of pyridine rings is 1. The van der Waals surface area contributed by atoms with E-state index in [2.05, 4.69) is 15.0 Å². The fourth-order valence-electron chi connectivity index (χ4n) is 2.73. The highest BCUT2D eigenvalue weighted by Gasteiger charge is 2.18. The zero-order valence-corrected chi connectivity index (χ0v) is 17.3. The topological polar surface area (TPSA) is 97.4 Å². The quantitative estimate of drug-likeness (QED) is 0.549. The molecule has 156 valence electrons. The van der Waals surface area contributed by atoms with Gasteiger partial charge in [-0.15, -0.1) is 0 Å². The number of nitrogens with one attached hydrogen (secondary N) is 2. The number of ether oxygens (including phenoxy) is 1. The van der Waals surface area contributed by atoms with Crippen LogP contribution in [0.25, 0.3) is 0 Å². The Morgan fingerprint density at radius 1 is 1.00 bits per heavy atom. The van der Waals surface area contributed by atoms with Gasteiger partial charge in [-0.3, -0.25) is 9.78 Å². The smallest absolute Gasteiger partial charge is 0.258 e. The van der Waals surface area contributed by atoms with Crippen LogP contribution in [0.3, 0.4) is 0 Å². The first-order valence-electron chi connectivity index (χ1n) is 9.40. The molecule has 0 unspecified atom stereocenters. The summed E-state index contributed by atoms with van der Waals surface area (Å²) in [5, 5.41) is 2.74.